The van der Waals surface area contributed by atoms with E-state index in [2.05, 4.69) is 20.3 Å². The fourth-order valence-corrected chi connectivity index (χ4v) is 2.60. The van der Waals surface area contributed by atoms with E-state index in [9.17, 15) is 9.59 Å². The maximum Gasteiger partial charge on any atom is 0.264 e. The molecule has 0 spiro atoms. The first-order valence-electron chi connectivity index (χ1n) is 8.49. The number of rotatable bonds is 6. The number of carbonyl (C=O) groups excluding carboxylic acids is 1. The lowest BCUT2D eigenvalue weighted by Crippen LogP contribution is -2.39. The zero-order chi connectivity index (χ0) is 18.5. The quantitative estimate of drug-likeness (QED) is 0.712. The van der Waals surface area contributed by atoms with Crippen LogP contribution in [0.5, 0.6) is 0 Å². The third kappa shape index (κ3) is 4.05. The monoisotopic (exact) mass is 351 g/mol. The summed E-state index contributed by atoms with van der Waals surface area (Å²) < 4.78 is 1.89. The highest BCUT2D eigenvalue weighted by Gasteiger charge is 2.16. The van der Waals surface area contributed by atoms with Crippen molar-refractivity contribution in [2.75, 3.05) is 0 Å². The molecule has 1 unspecified atom stereocenters. The number of hydrogen-bond donors (Lipinski definition) is 2. The van der Waals surface area contributed by atoms with E-state index in [-0.39, 0.29) is 11.6 Å². The SMILES string of the molecule is CCC(Cn1ccnc1)NC(=O)c1cnc(-c2ccc(C)cc2)[nH]c1=O. The molecule has 2 N–H and O–H groups in total. The molecule has 26 heavy (non-hydrogen) atoms. The van der Waals surface area contributed by atoms with Crippen molar-refractivity contribution in [3.05, 3.63) is 70.7 Å². The Labute approximate surface area is 151 Å². The largest absolute Gasteiger partial charge is 0.347 e. The summed E-state index contributed by atoms with van der Waals surface area (Å²) in [5, 5.41) is 2.88. The van der Waals surface area contributed by atoms with Crippen LogP contribution >= 0.6 is 0 Å². The molecular formula is C19H21N5O2. The van der Waals surface area contributed by atoms with Crippen molar-refractivity contribution in [2.24, 2.45) is 0 Å². The number of hydrogen-bond acceptors (Lipinski definition) is 4. The molecule has 3 aromatic rings. The summed E-state index contributed by atoms with van der Waals surface area (Å²) in [6.45, 7) is 4.56. The zero-order valence-electron chi connectivity index (χ0n) is 14.8. The van der Waals surface area contributed by atoms with E-state index in [1.165, 1.54) is 6.20 Å². The third-order valence-corrected chi connectivity index (χ3v) is 4.19. The minimum Gasteiger partial charge on any atom is -0.347 e. The fourth-order valence-electron chi connectivity index (χ4n) is 2.60. The highest BCUT2D eigenvalue weighted by Crippen LogP contribution is 2.13. The molecular weight excluding hydrogens is 330 g/mol. The van der Waals surface area contributed by atoms with E-state index >= 15 is 0 Å². The predicted molar refractivity (Wildman–Crippen MR) is 98.8 cm³/mol. The average molecular weight is 351 g/mol. The summed E-state index contributed by atoms with van der Waals surface area (Å²) in [5.74, 6) is 0.0122. The Morgan fingerprint density at radius 2 is 2.08 bits per heavy atom. The van der Waals surface area contributed by atoms with Crippen LogP contribution in [-0.4, -0.2) is 31.5 Å². The number of H-pyrrole nitrogens is 1. The van der Waals surface area contributed by atoms with Crippen LogP contribution < -0.4 is 10.9 Å². The van der Waals surface area contributed by atoms with Gasteiger partial charge >= 0.3 is 0 Å². The van der Waals surface area contributed by atoms with Crippen LogP contribution in [0.1, 0.15) is 29.3 Å². The number of carbonyl (C=O) groups is 1. The van der Waals surface area contributed by atoms with Crippen LogP contribution in [0.2, 0.25) is 0 Å². The smallest absolute Gasteiger partial charge is 0.264 e. The highest BCUT2D eigenvalue weighted by molar-refractivity contribution is 5.93. The summed E-state index contributed by atoms with van der Waals surface area (Å²) in [5.41, 5.74) is 1.47. The second-order valence-electron chi connectivity index (χ2n) is 6.18. The molecule has 1 aromatic carbocycles. The maximum atomic E-state index is 12.5. The molecule has 0 aliphatic heterocycles. The standard InChI is InChI=1S/C19H21N5O2/c1-3-15(11-24-9-8-20-12-24)22-18(25)16-10-21-17(23-19(16)26)14-6-4-13(2)5-7-14/h4-10,12,15H,3,11H2,1-2H3,(H,22,25)(H,21,23,26). The summed E-state index contributed by atoms with van der Waals surface area (Å²) in [6.07, 6.45) is 7.27. The molecule has 2 aromatic heterocycles. The molecule has 0 saturated carbocycles. The van der Waals surface area contributed by atoms with Gasteiger partial charge < -0.3 is 14.9 Å². The lowest BCUT2D eigenvalue weighted by molar-refractivity contribution is 0.0930. The molecule has 0 saturated heterocycles. The van der Waals surface area contributed by atoms with Gasteiger partial charge in [0.2, 0.25) is 0 Å². The second-order valence-corrected chi connectivity index (χ2v) is 6.18. The van der Waals surface area contributed by atoms with Gasteiger partial charge in [0.15, 0.2) is 0 Å². The van der Waals surface area contributed by atoms with Crippen molar-refractivity contribution in [2.45, 2.75) is 32.9 Å². The van der Waals surface area contributed by atoms with Gasteiger partial charge in [0.05, 0.1) is 6.33 Å². The Morgan fingerprint density at radius 1 is 1.31 bits per heavy atom. The molecule has 134 valence electrons. The summed E-state index contributed by atoms with van der Waals surface area (Å²) >= 11 is 0. The Hall–Kier alpha value is -3.22. The fraction of sp³-hybridized carbons (Fsp3) is 0.263. The average Bonchev–Trinajstić information content (AvgIpc) is 3.14. The van der Waals surface area contributed by atoms with Gasteiger partial charge in [0, 0.05) is 36.7 Å². The zero-order valence-corrected chi connectivity index (χ0v) is 14.8. The summed E-state index contributed by atoms with van der Waals surface area (Å²) in [6, 6.07) is 7.54. The first-order chi connectivity index (χ1) is 12.6. The molecule has 1 amide bonds. The number of amides is 1. The van der Waals surface area contributed by atoms with E-state index in [0.29, 0.717) is 12.4 Å². The van der Waals surface area contributed by atoms with Crippen molar-refractivity contribution in [3.8, 4) is 11.4 Å². The van der Waals surface area contributed by atoms with Crippen LogP contribution in [0.15, 0.2) is 54.0 Å². The lowest BCUT2D eigenvalue weighted by Gasteiger charge is -2.17. The molecule has 2 heterocycles. The van der Waals surface area contributed by atoms with Gasteiger partial charge in [-0.3, -0.25) is 9.59 Å². The molecule has 1 atom stereocenters. The van der Waals surface area contributed by atoms with E-state index in [4.69, 9.17) is 0 Å². The summed E-state index contributed by atoms with van der Waals surface area (Å²) in [7, 11) is 0. The number of aromatic nitrogens is 4. The van der Waals surface area contributed by atoms with E-state index in [0.717, 1.165) is 17.5 Å². The van der Waals surface area contributed by atoms with Gasteiger partial charge in [-0.25, -0.2) is 9.97 Å². The number of aryl methyl sites for hydroxylation is 1. The molecule has 7 nitrogen and oxygen atoms in total. The maximum absolute atomic E-state index is 12.5. The van der Waals surface area contributed by atoms with Crippen molar-refractivity contribution in [1.82, 2.24) is 24.8 Å². The van der Waals surface area contributed by atoms with Crippen LogP contribution in [0.3, 0.4) is 0 Å². The van der Waals surface area contributed by atoms with Gasteiger partial charge in [-0.2, -0.15) is 0 Å². The van der Waals surface area contributed by atoms with Crippen molar-refractivity contribution >= 4 is 5.91 Å². The van der Waals surface area contributed by atoms with Crippen molar-refractivity contribution in [1.29, 1.82) is 0 Å². The molecule has 0 fully saturated rings. The van der Waals surface area contributed by atoms with Gasteiger partial charge in [-0.05, 0) is 13.3 Å². The predicted octanol–water partition coefficient (Wildman–Crippen LogP) is 2.15. The van der Waals surface area contributed by atoms with E-state index in [1.807, 2.05) is 48.9 Å². The lowest BCUT2D eigenvalue weighted by atomic mass is 10.1. The van der Waals surface area contributed by atoms with Gasteiger partial charge in [-0.1, -0.05) is 36.8 Å². The van der Waals surface area contributed by atoms with Gasteiger partial charge in [0.25, 0.3) is 11.5 Å². The normalized spacial score (nSPS) is 11.9. The van der Waals surface area contributed by atoms with E-state index in [1.54, 1.807) is 12.5 Å². The minimum atomic E-state index is -0.453. The number of nitrogens with one attached hydrogen (secondary N) is 2. The van der Waals surface area contributed by atoms with Gasteiger partial charge in [-0.15, -0.1) is 0 Å². The Balaban J connectivity index is 1.75. The van der Waals surface area contributed by atoms with Gasteiger partial charge in [0.1, 0.15) is 11.4 Å². The molecule has 0 aliphatic rings. The minimum absolute atomic E-state index is 0.00458. The van der Waals surface area contributed by atoms with Crippen LogP contribution in [0, 0.1) is 6.92 Å². The Kier molecular flexibility index (Phi) is 5.26. The number of nitrogens with zero attached hydrogens (tertiary/aromatic N) is 3. The molecule has 0 radical (unpaired) electrons. The number of aromatic amines is 1. The Morgan fingerprint density at radius 3 is 2.69 bits per heavy atom. The Bertz CT molecular complexity index is 929. The second kappa shape index (κ2) is 7.77. The molecule has 0 bridgehead atoms. The van der Waals surface area contributed by atoms with E-state index < -0.39 is 11.5 Å². The number of imidazole rings is 1. The van der Waals surface area contributed by atoms with Crippen LogP contribution in [-0.2, 0) is 6.54 Å². The first-order valence-corrected chi connectivity index (χ1v) is 8.49. The molecule has 0 aliphatic carbocycles. The van der Waals surface area contributed by atoms with Crippen LogP contribution in [0.25, 0.3) is 11.4 Å². The third-order valence-electron chi connectivity index (χ3n) is 4.19. The molecule has 3 rings (SSSR count). The summed E-state index contributed by atoms with van der Waals surface area (Å²) in [4.78, 5) is 35.7. The first kappa shape index (κ1) is 17.6. The van der Waals surface area contributed by atoms with Crippen LogP contribution in [0.4, 0.5) is 0 Å². The highest BCUT2D eigenvalue weighted by atomic mass is 16.2. The van der Waals surface area contributed by atoms with Crippen molar-refractivity contribution in [3.63, 3.8) is 0 Å². The molecule has 7 heteroatoms. The number of benzene rings is 1. The topological polar surface area (TPSA) is 92.7 Å². The van der Waals surface area contributed by atoms with Crippen molar-refractivity contribution < 1.29 is 4.79 Å².